The fourth-order valence-electron chi connectivity index (χ4n) is 4.67. The normalized spacial score (nSPS) is 20.0. The summed E-state index contributed by atoms with van der Waals surface area (Å²) in [6, 6.07) is 12.4. The molecule has 0 aliphatic carbocycles. The van der Waals surface area contributed by atoms with Gasteiger partial charge in [-0.3, -0.25) is 9.69 Å². The predicted molar refractivity (Wildman–Crippen MR) is 129 cm³/mol. The van der Waals surface area contributed by atoms with Gasteiger partial charge in [0.25, 0.3) is 5.91 Å². The Morgan fingerprint density at radius 1 is 1.06 bits per heavy atom. The van der Waals surface area contributed by atoms with Gasteiger partial charge >= 0.3 is 0 Å². The van der Waals surface area contributed by atoms with Crippen LogP contribution in [0.25, 0.3) is 0 Å². The molecule has 1 atom stereocenters. The molecule has 1 amide bonds. The number of sulfonamides is 1. The van der Waals surface area contributed by atoms with Crippen LogP contribution < -0.4 is 10.1 Å². The summed E-state index contributed by atoms with van der Waals surface area (Å²) < 4.78 is 32.9. The molecule has 178 valence electrons. The largest absolute Gasteiger partial charge is 0.495 e. The van der Waals surface area contributed by atoms with E-state index in [4.69, 9.17) is 4.74 Å². The molecule has 2 aliphatic heterocycles. The van der Waals surface area contributed by atoms with Crippen LogP contribution in [0.3, 0.4) is 0 Å². The Morgan fingerprint density at radius 3 is 2.45 bits per heavy atom. The summed E-state index contributed by atoms with van der Waals surface area (Å²) in [5.41, 5.74) is 2.17. The highest BCUT2D eigenvalue weighted by molar-refractivity contribution is 7.89. The van der Waals surface area contributed by atoms with Crippen molar-refractivity contribution in [1.82, 2.24) is 9.21 Å². The van der Waals surface area contributed by atoms with E-state index in [9.17, 15) is 13.2 Å². The summed E-state index contributed by atoms with van der Waals surface area (Å²) in [6.45, 7) is 6.44. The van der Waals surface area contributed by atoms with Gasteiger partial charge in [0, 0.05) is 37.4 Å². The molecule has 4 rings (SSSR count). The van der Waals surface area contributed by atoms with Gasteiger partial charge < -0.3 is 10.1 Å². The highest BCUT2D eigenvalue weighted by atomic mass is 32.2. The second-order valence-electron chi connectivity index (χ2n) is 9.11. The van der Waals surface area contributed by atoms with Crippen molar-refractivity contribution in [3.63, 3.8) is 0 Å². The van der Waals surface area contributed by atoms with E-state index >= 15 is 0 Å². The Labute approximate surface area is 196 Å². The lowest BCUT2D eigenvalue weighted by Gasteiger charge is -2.30. The summed E-state index contributed by atoms with van der Waals surface area (Å²) >= 11 is 0. The molecule has 7 nitrogen and oxygen atoms in total. The van der Waals surface area contributed by atoms with E-state index in [0.29, 0.717) is 18.8 Å². The molecule has 8 heteroatoms. The summed E-state index contributed by atoms with van der Waals surface area (Å²) in [4.78, 5) is 15.4. The van der Waals surface area contributed by atoms with Gasteiger partial charge in [0.2, 0.25) is 10.0 Å². The number of piperidine rings is 1. The van der Waals surface area contributed by atoms with Gasteiger partial charge in [0.05, 0.1) is 7.11 Å². The lowest BCUT2D eigenvalue weighted by Crippen LogP contribution is -2.33. The minimum atomic E-state index is -3.71. The number of rotatable bonds is 7. The molecule has 2 aliphatic rings. The predicted octanol–water partition coefficient (Wildman–Crippen LogP) is 3.96. The Hall–Kier alpha value is -2.42. The van der Waals surface area contributed by atoms with Crippen LogP contribution in [-0.4, -0.2) is 56.8 Å². The molecule has 0 bridgehead atoms. The molecule has 1 N–H and O–H groups in total. The molecule has 0 radical (unpaired) electrons. The SMILES string of the molecule is COc1ccc(C(=O)Nc2ccc(CN3CCCC(C)C3)cc2)cc1S(=O)(=O)N1CCCC1. The summed E-state index contributed by atoms with van der Waals surface area (Å²) in [7, 11) is -2.28. The zero-order valence-corrected chi connectivity index (χ0v) is 20.2. The molecular formula is C25H33N3O4S. The van der Waals surface area contributed by atoms with Gasteiger partial charge in [-0.25, -0.2) is 8.42 Å². The monoisotopic (exact) mass is 471 g/mol. The van der Waals surface area contributed by atoms with E-state index in [1.165, 1.54) is 35.9 Å². The first-order valence-corrected chi connectivity index (χ1v) is 13.1. The van der Waals surface area contributed by atoms with Crippen LogP contribution in [0.15, 0.2) is 47.4 Å². The standard InChI is InChI=1S/C25H33N3O4S/c1-19-6-5-13-27(17-19)18-20-7-10-22(11-8-20)26-25(29)21-9-12-23(32-2)24(16-21)33(30,31)28-14-3-4-15-28/h7-12,16,19H,3-6,13-15,17-18H2,1-2H3,(H,26,29). The van der Waals surface area contributed by atoms with E-state index < -0.39 is 10.0 Å². The topological polar surface area (TPSA) is 79.0 Å². The smallest absolute Gasteiger partial charge is 0.255 e. The minimum absolute atomic E-state index is 0.0330. The average Bonchev–Trinajstić information content (AvgIpc) is 3.36. The molecule has 2 heterocycles. The molecule has 33 heavy (non-hydrogen) atoms. The van der Waals surface area contributed by atoms with Crippen LogP contribution in [0.1, 0.15) is 48.5 Å². The van der Waals surface area contributed by atoms with E-state index in [0.717, 1.165) is 38.4 Å². The molecular weight excluding hydrogens is 438 g/mol. The molecule has 2 aromatic carbocycles. The number of methoxy groups -OCH3 is 1. The Morgan fingerprint density at radius 2 is 1.79 bits per heavy atom. The number of likely N-dealkylation sites (tertiary alicyclic amines) is 1. The number of hydrogen-bond acceptors (Lipinski definition) is 5. The summed E-state index contributed by atoms with van der Waals surface area (Å²) in [6.07, 6.45) is 4.23. The number of ether oxygens (including phenoxy) is 1. The molecule has 1 unspecified atom stereocenters. The maximum Gasteiger partial charge on any atom is 0.255 e. The number of benzene rings is 2. The van der Waals surface area contributed by atoms with Crippen molar-refractivity contribution in [2.45, 2.75) is 44.0 Å². The van der Waals surface area contributed by atoms with Crippen LogP contribution in [0.2, 0.25) is 0 Å². The molecule has 2 aromatic rings. The number of carbonyl (C=O) groups is 1. The van der Waals surface area contributed by atoms with E-state index in [1.54, 1.807) is 12.1 Å². The maximum absolute atomic E-state index is 13.1. The second-order valence-corrected chi connectivity index (χ2v) is 11.0. The third kappa shape index (κ3) is 5.57. The Balaban J connectivity index is 1.46. The first-order chi connectivity index (χ1) is 15.9. The van der Waals surface area contributed by atoms with Gasteiger partial charge in [0.15, 0.2) is 0 Å². The average molecular weight is 472 g/mol. The number of nitrogens with zero attached hydrogens (tertiary/aromatic N) is 2. The third-order valence-electron chi connectivity index (χ3n) is 6.47. The number of amides is 1. The summed E-state index contributed by atoms with van der Waals surface area (Å²) in [5, 5.41) is 2.88. The van der Waals surface area contributed by atoms with Crippen LogP contribution in [0.4, 0.5) is 5.69 Å². The van der Waals surface area contributed by atoms with Crippen molar-refractivity contribution in [3.05, 3.63) is 53.6 Å². The number of nitrogens with one attached hydrogen (secondary N) is 1. The van der Waals surface area contributed by atoms with E-state index in [2.05, 4.69) is 17.1 Å². The van der Waals surface area contributed by atoms with Crippen LogP contribution in [-0.2, 0) is 16.6 Å². The van der Waals surface area contributed by atoms with Gasteiger partial charge in [-0.05, 0) is 74.0 Å². The molecule has 0 saturated carbocycles. The van der Waals surface area contributed by atoms with Crippen LogP contribution in [0.5, 0.6) is 5.75 Å². The minimum Gasteiger partial charge on any atom is -0.495 e. The van der Waals surface area contributed by atoms with E-state index in [1.807, 2.05) is 24.3 Å². The van der Waals surface area contributed by atoms with E-state index in [-0.39, 0.29) is 22.1 Å². The van der Waals surface area contributed by atoms with Crippen molar-refractivity contribution < 1.29 is 17.9 Å². The zero-order valence-electron chi connectivity index (χ0n) is 19.4. The van der Waals surface area contributed by atoms with Crippen LogP contribution in [0, 0.1) is 5.92 Å². The van der Waals surface area contributed by atoms with Gasteiger partial charge in [-0.15, -0.1) is 0 Å². The quantitative estimate of drug-likeness (QED) is 0.661. The zero-order chi connectivity index (χ0) is 23.4. The third-order valence-corrected chi connectivity index (χ3v) is 8.39. The number of hydrogen-bond donors (Lipinski definition) is 1. The van der Waals surface area contributed by atoms with Crippen LogP contribution >= 0.6 is 0 Å². The van der Waals surface area contributed by atoms with Crippen molar-refractivity contribution in [1.29, 1.82) is 0 Å². The molecule has 2 fully saturated rings. The van der Waals surface area contributed by atoms with Gasteiger partial charge in [-0.2, -0.15) is 4.31 Å². The molecule has 0 spiro atoms. The number of carbonyl (C=O) groups excluding carboxylic acids is 1. The lowest BCUT2D eigenvalue weighted by molar-refractivity contribution is 0.102. The van der Waals surface area contributed by atoms with Crippen molar-refractivity contribution >= 4 is 21.6 Å². The first-order valence-electron chi connectivity index (χ1n) is 11.7. The second kappa shape index (κ2) is 10.2. The highest BCUT2D eigenvalue weighted by Gasteiger charge is 2.30. The van der Waals surface area contributed by atoms with Gasteiger partial charge in [0.1, 0.15) is 10.6 Å². The van der Waals surface area contributed by atoms with Crippen molar-refractivity contribution in [2.24, 2.45) is 5.92 Å². The highest BCUT2D eigenvalue weighted by Crippen LogP contribution is 2.30. The number of anilines is 1. The first kappa shape index (κ1) is 23.7. The fraction of sp³-hybridized carbons (Fsp3) is 0.480. The van der Waals surface area contributed by atoms with Crippen molar-refractivity contribution in [2.75, 3.05) is 38.6 Å². The van der Waals surface area contributed by atoms with Crippen molar-refractivity contribution in [3.8, 4) is 5.75 Å². The Bertz CT molecular complexity index is 1080. The van der Waals surface area contributed by atoms with Gasteiger partial charge in [-0.1, -0.05) is 19.1 Å². The molecule has 2 saturated heterocycles. The Kier molecular flexibility index (Phi) is 7.36. The molecule has 0 aromatic heterocycles. The fourth-order valence-corrected chi connectivity index (χ4v) is 6.37. The maximum atomic E-state index is 13.1. The summed E-state index contributed by atoms with van der Waals surface area (Å²) in [5.74, 6) is 0.629. The lowest BCUT2D eigenvalue weighted by atomic mass is 10.00.